The van der Waals surface area contributed by atoms with Crippen LogP contribution in [0.3, 0.4) is 0 Å². The lowest BCUT2D eigenvalue weighted by Crippen LogP contribution is -2.48. The Kier molecular flexibility index (Phi) is 7.89. The number of ether oxygens (including phenoxy) is 3. The molecule has 1 aliphatic heterocycles. The Bertz CT molecular complexity index is 837. The van der Waals surface area contributed by atoms with E-state index in [-0.39, 0.29) is 35.9 Å². The molecule has 1 aliphatic rings. The summed E-state index contributed by atoms with van der Waals surface area (Å²) in [6, 6.07) is 4.59. The molecule has 0 spiro atoms. The van der Waals surface area contributed by atoms with Crippen LogP contribution in [0.2, 0.25) is 0 Å². The first-order valence-electron chi connectivity index (χ1n) is 9.58. The normalized spacial score (nSPS) is 18.7. The molecule has 9 heteroatoms. The molecule has 1 saturated heterocycles. The van der Waals surface area contributed by atoms with Crippen LogP contribution in [0.4, 0.5) is 0 Å². The van der Waals surface area contributed by atoms with Crippen molar-refractivity contribution in [2.45, 2.75) is 45.2 Å². The third-order valence-electron chi connectivity index (χ3n) is 5.11. The molecule has 0 aliphatic carbocycles. The summed E-state index contributed by atoms with van der Waals surface area (Å²) >= 11 is 0. The zero-order valence-electron chi connectivity index (χ0n) is 17.3. The van der Waals surface area contributed by atoms with Crippen LogP contribution >= 0.6 is 0 Å². The SMILES string of the molecule is CC[C@H](C)N(C(=O)COC(=O)Cc1ccc(OC)c(OC)c1)[C@H]1CCS(=O)(=O)C1. The number of rotatable bonds is 9. The van der Waals surface area contributed by atoms with E-state index in [0.717, 1.165) is 0 Å². The van der Waals surface area contributed by atoms with Crippen molar-refractivity contribution in [3.63, 3.8) is 0 Å². The van der Waals surface area contributed by atoms with E-state index in [1.54, 1.807) is 23.1 Å². The van der Waals surface area contributed by atoms with Gasteiger partial charge in [-0.3, -0.25) is 9.59 Å². The lowest BCUT2D eigenvalue weighted by atomic mass is 10.1. The molecular formula is C20H29NO7S. The molecule has 0 saturated carbocycles. The van der Waals surface area contributed by atoms with Gasteiger partial charge < -0.3 is 19.1 Å². The van der Waals surface area contributed by atoms with Crippen molar-refractivity contribution >= 4 is 21.7 Å². The summed E-state index contributed by atoms with van der Waals surface area (Å²) in [7, 11) is -0.0947. The van der Waals surface area contributed by atoms with Crippen molar-refractivity contribution < 1.29 is 32.2 Å². The molecule has 1 aromatic carbocycles. The van der Waals surface area contributed by atoms with Gasteiger partial charge in [-0.1, -0.05) is 13.0 Å². The highest BCUT2D eigenvalue weighted by Crippen LogP contribution is 2.28. The Morgan fingerprint density at radius 3 is 2.45 bits per heavy atom. The highest BCUT2D eigenvalue weighted by atomic mass is 32.2. The van der Waals surface area contributed by atoms with Gasteiger partial charge >= 0.3 is 5.97 Å². The van der Waals surface area contributed by atoms with E-state index in [9.17, 15) is 18.0 Å². The van der Waals surface area contributed by atoms with E-state index in [1.165, 1.54) is 14.2 Å². The van der Waals surface area contributed by atoms with Gasteiger partial charge in [0.05, 0.1) is 32.1 Å². The number of carbonyl (C=O) groups excluding carboxylic acids is 2. The summed E-state index contributed by atoms with van der Waals surface area (Å²) in [5.41, 5.74) is 0.667. The van der Waals surface area contributed by atoms with Crippen molar-refractivity contribution in [2.24, 2.45) is 0 Å². The second-order valence-electron chi connectivity index (χ2n) is 7.14. The molecule has 8 nitrogen and oxygen atoms in total. The van der Waals surface area contributed by atoms with Gasteiger partial charge in [0.15, 0.2) is 27.9 Å². The smallest absolute Gasteiger partial charge is 0.310 e. The lowest BCUT2D eigenvalue weighted by Gasteiger charge is -2.33. The standard InChI is InChI=1S/C20H29NO7S/c1-5-14(2)21(16-8-9-29(24,25)13-16)19(22)12-28-20(23)11-15-6-7-17(26-3)18(10-15)27-4/h6-7,10,14,16H,5,8-9,11-13H2,1-4H3/t14-,16-/m0/s1. The number of benzene rings is 1. The van der Waals surface area contributed by atoms with E-state index >= 15 is 0 Å². The van der Waals surface area contributed by atoms with E-state index in [1.807, 2.05) is 13.8 Å². The molecule has 2 rings (SSSR count). The first-order valence-corrected chi connectivity index (χ1v) is 11.4. The van der Waals surface area contributed by atoms with Crippen LogP contribution in [-0.2, 0) is 30.6 Å². The second-order valence-corrected chi connectivity index (χ2v) is 9.37. The van der Waals surface area contributed by atoms with Crippen LogP contribution < -0.4 is 9.47 Å². The van der Waals surface area contributed by atoms with Crippen LogP contribution in [0.15, 0.2) is 18.2 Å². The number of hydrogen-bond donors (Lipinski definition) is 0. The summed E-state index contributed by atoms with van der Waals surface area (Å²) in [6.07, 6.45) is 1.08. The third-order valence-corrected chi connectivity index (χ3v) is 6.86. The Morgan fingerprint density at radius 2 is 1.90 bits per heavy atom. The third kappa shape index (κ3) is 6.09. The predicted molar refractivity (Wildman–Crippen MR) is 108 cm³/mol. The molecule has 1 fully saturated rings. The summed E-state index contributed by atoms with van der Waals surface area (Å²) in [4.78, 5) is 26.5. The fraction of sp³-hybridized carbons (Fsp3) is 0.600. The molecule has 1 heterocycles. The van der Waals surface area contributed by atoms with Gasteiger partial charge in [0.2, 0.25) is 0 Å². The topological polar surface area (TPSA) is 99.2 Å². The van der Waals surface area contributed by atoms with Gasteiger partial charge in [-0.25, -0.2) is 8.42 Å². The van der Waals surface area contributed by atoms with E-state index in [2.05, 4.69) is 0 Å². The quantitative estimate of drug-likeness (QED) is 0.552. The zero-order valence-corrected chi connectivity index (χ0v) is 18.2. The average Bonchev–Trinajstić information content (AvgIpc) is 3.05. The number of methoxy groups -OCH3 is 2. The zero-order chi connectivity index (χ0) is 21.6. The highest BCUT2D eigenvalue weighted by Gasteiger charge is 2.36. The van der Waals surface area contributed by atoms with Crippen LogP contribution in [0, 0.1) is 0 Å². The van der Waals surface area contributed by atoms with Gasteiger partial charge in [0.1, 0.15) is 0 Å². The molecule has 1 aromatic rings. The molecule has 0 N–H and O–H groups in total. The average molecular weight is 428 g/mol. The Labute approximate surface area is 172 Å². The van der Waals surface area contributed by atoms with Crippen LogP contribution in [0.1, 0.15) is 32.3 Å². The van der Waals surface area contributed by atoms with Crippen molar-refractivity contribution in [1.29, 1.82) is 0 Å². The minimum absolute atomic E-state index is 0.0191. The van der Waals surface area contributed by atoms with Crippen LogP contribution in [-0.4, -0.2) is 69.6 Å². The van der Waals surface area contributed by atoms with Crippen molar-refractivity contribution in [3.05, 3.63) is 23.8 Å². The fourth-order valence-electron chi connectivity index (χ4n) is 3.43. The summed E-state index contributed by atoms with van der Waals surface area (Å²) in [5.74, 6) is 0.171. The molecule has 2 atom stereocenters. The van der Waals surface area contributed by atoms with E-state index in [0.29, 0.717) is 29.9 Å². The van der Waals surface area contributed by atoms with Gasteiger partial charge in [0, 0.05) is 12.1 Å². The molecule has 162 valence electrons. The fourth-order valence-corrected chi connectivity index (χ4v) is 5.14. The number of esters is 1. The minimum Gasteiger partial charge on any atom is -0.493 e. The lowest BCUT2D eigenvalue weighted by molar-refractivity contribution is -0.153. The molecule has 0 radical (unpaired) electrons. The first kappa shape index (κ1) is 23.0. The summed E-state index contributed by atoms with van der Waals surface area (Å²) in [5, 5.41) is 0. The Hall–Kier alpha value is -2.29. The maximum Gasteiger partial charge on any atom is 0.310 e. The summed E-state index contributed by atoms with van der Waals surface area (Å²) < 4.78 is 39.2. The first-order chi connectivity index (χ1) is 13.7. The second kappa shape index (κ2) is 9.96. The Balaban J connectivity index is 1.97. The van der Waals surface area contributed by atoms with Gasteiger partial charge in [-0.05, 0) is 37.5 Å². The number of sulfone groups is 1. The van der Waals surface area contributed by atoms with Gasteiger partial charge in [-0.2, -0.15) is 0 Å². The van der Waals surface area contributed by atoms with Crippen molar-refractivity contribution in [3.8, 4) is 11.5 Å². The number of amides is 1. The summed E-state index contributed by atoms with van der Waals surface area (Å²) in [6.45, 7) is 3.39. The van der Waals surface area contributed by atoms with Crippen LogP contribution in [0.5, 0.6) is 11.5 Å². The largest absolute Gasteiger partial charge is 0.493 e. The molecule has 1 amide bonds. The maximum absolute atomic E-state index is 12.7. The number of nitrogens with zero attached hydrogens (tertiary/aromatic N) is 1. The monoisotopic (exact) mass is 427 g/mol. The van der Waals surface area contributed by atoms with Crippen molar-refractivity contribution in [2.75, 3.05) is 32.3 Å². The van der Waals surface area contributed by atoms with E-state index in [4.69, 9.17) is 14.2 Å². The van der Waals surface area contributed by atoms with Gasteiger partial charge in [-0.15, -0.1) is 0 Å². The predicted octanol–water partition coefficient (Wildman–Crippen LogP) is 1.60. The minimum atomic E-state index is -3.12. The molecule has 0 bridgehead atoms. The number of carbonyl (C=O) groups is 2. The molecule has 0 unspecified atom stereocenters. The Morgan fingerprint density at radius 1 is 1.21 bits per heavy atom. The number of hydrogen-bond acceptors (Lipinski definition) is 7. The molecule has 0 aromatic heterocycles. The highest BCUT2D eigenvalue weighted by molar-refractivity contribution is 7.91. The van der Waals surface area contributed by atoms with E-state index < -0.39 is 22.4 Å². The van der Waals surface area contributed by atoms with Gasteiger partial charge in [0.25, 0.3) is 5.91 Å². The van der Waals surface area contributed by atoms with Crippen molar-refractivity contribution in [1.82, 2.24) is 4.90 Å². The maximum atomic E-state index is 12.7. The van der Waals surface area contributed by atoms with Crippen LogP contribution in [0.25, 0.3) is 0 Å². The molecular weight excluding hydrogens is 398 g/mol. The molecule has 29 heavy (non-hydrogen) atoms.